The van der Waals surface area contributed by atoms with Crippen molar-refractivity contribution < 1.29 is 19.0 Å². The van der Waals surface area contributed by atoms with Gasteiger partial charge in [-0.3, -0.25) is 9.59 Å². The van der Waals surface area contributed by atoms with Crippen LogP contribution in [0.2, 0.25) is 0 Å². The molecule has 1 saturated heterocycles. The summed E-state index contributed by atoms with van der Waals surface area (Å²) in [5, 5.41) is 19.0. The smallest absolute Gasteiger partial charge is 0.277 e. The molecule has 8 heteroatoms. The fourth-order valence-corrected chi connectivity index (χ4v) is 4.22. The predicted octanol–water partition coefficient (Wildman–Crippen LogP) is 3.05. The van der Waals surface area contributed by atoms with Crippen LogP contribution in [0.15, 0.2) is 29.1 Å². The summed E-state index contributed by atoms with van der Waals surface area (Å²) in [6.07, 6.45) is 0.295. The first-order valence-corrected chi connectivity index (χ1v) is 10.8. The average molecular weight is 439 g/mol. The Balaban J connectivity index is 1.76. The first-order chi connectivity index (χ1) is 15.3. The number of hydrogen-bond acceptors (Lipinski definition) is 6. The number of aliphatic hydroxyl groups excluding tert-OH is 1. The number of aliphatic hydroxyl groups is 1. The maximum Gasteiger partial charge on any atom is 0.277 e. The minimum absolute atomic E-state index is 0.0934. The van der Waals surface area contributed by atoms with E-state index < -0.39 is 18.0 Å². The van der Waals surface area contributed by atoms with Gasteiger partial charge >= 0.3 is 0 Å². The maximum atomic E-state index is 14.5. The fraction of sp³-hybridized carbons (Fsp3) is 0.417. The first-order valence-electron chi connectivity index (χ1n) is 10.8. The van der Waals surface area contributed by atoms with E-state index in [0.717, 1.165) is 16.7 Å². The van der Waals surface area contributed by atoms with E-state index in [-0.39, 0.29) is 29.9 Å². The van der Waals surface area contributed by atoms with Crippen molar-refractivity contribution in [3.8, 4) is 0 Å². The van der Waals surface area contributed by atoms with Gasteiger partial charge in [-0.05, 0) is 67.1 Å². The van der Waals surface area contributed by atoms with Crippen molar-refractivity contribution >= 4 is 16.7 Å². The number of ketones is 1. The van der Waals surface area contributed by atoms with E-state index in [4.69, 9.17) is 4.74 Å². The van der Waals surface area contributed by atoms with Crippen LogP contribution in [0.5, 0.6) is 0 Å². The van der Waals surface area contributed by atoms with Crippen LogP contribution in [0.25, 0.3) is 10.9 Å². The fourth-order valence-electron chi connectivity index (χ4n) is 4.22. The van der Waals surface area contributed by atoms with Gasteiger partial charge in [-0.1, -0.05) is 18.2 Å². The molecule has 1 N–H and O–H groups in total. The second kappa shape index (κ2) is 8.88. The van der Waals surface area contributed by atoms with E-state index >= 15 is 0 Å². The summed E-state index contributed by atoms with van der Waals surface area (Å²) in [7, 11) is 0. The van der Waals surface area contributed by atoms with Gasteiger partial charge in [0.05, 0.1) is 29.7 Å². The standard InChI is InChI=1S/C24H26FN3O4/c1-4-21(29)17-6-5-15(10-19(17)25)9-16-11-18-23(14(3)13(16)2)26-27-28(24(18)31)20-7-8-32-12-22(20)30/h5-6,10-11,20,22,30H,4,7-9,12H2,1-3H3/t20-,22-/m0/s1. The summed E-state index contributed by atoms with van der Waals surface area (Å²) in [6, 6.07) is 5.93. The monoisotopic (exact) mass is 439 g/mol. The highest BCUT2D eigenvalue weighted by Gasteiger charge is 2.28. The number of aryl methyl sites for hydroxylation is 1. The van der Waals surface area contributed by atoms with Crippen molar-refractivity contribution in [3.05, 3.63) is 68.3 Å². The highest BCUT2D eigenvalue weighted by atomic mass is 19.1. The van der Waals surface area contributed by atoms with Gasteiger partial charge in [-0.25, -0.2) is 9.07 Å². The Kier molecular flexibility index (Phi) is 6.17. The molecule has 0 unspecified atom stereocenters. The van der Waals surface area contributed by atoms with Gasteiger partial charge < -0.3 is 9.84 Å². The summed E-state index contributed by atoms with van der Waals surface area (Å²) >= 11 is 0. The number of nitrogens with zero attached hydrogens (tertiary/aromatic N) is 3. The Morgan fingerprint density at radius 1 is 1.28 bits per heavy atom. The second-order valence-electron chi connectivity index (χ2n) is 8.29. The first kappa shape index (κ1) is 22.2. The number of rotatable bonds is 5. The number of fused-ring (bicyclic) bond motifs is 1. The van der Waals surface area contributed by atoms with Crippen LogP contribution in [0.3, 0.4) is 0 Å². The van der Waals surface area contributed by atoms with E-state index in [0.29, 0.717) is 35.9 Å². The van der Waals surface area contributed by atoms with Gasteiger partial charge in [-0.2, -0.15) is 0 Å². The lowest BCUT2D eigenvalue weighted by Crippen LogP contribution is -2.40. The molecule has 7 nitrogen and oxygen atoms in total. The van der Waals surface area contributed by atoms with Crippen LogP contribution < -0.4 is 5.56 Å². The van der Waals surface area contributed by atoms with Gasteiger partial charge in [0, 0.05) is 13.0 Å². The van der Waals surface area contributed by atoms with E-state index in [2.05, 4.69) is 10.3 Å². The van der Waals surface area contributed by atoms with Crippen molar-refractivity contribution in [3.63, 3.8) is 0 Å². The van der Waals surface area contributed by atoms with Crippen molar-refractivity contribution in [2.75, 3.05) is 13.2 Å². The SMILES string of the molecule is CCC(=O)c1ccc(Cc2cc3c(=O)n([C@H]4CCOC[C@@H]4O)nnc3c(C)c2C)cc1F. The molecule has 0 saturated carbocycles. The molecule has 0 radical (unpaired) electrons. The topological polar surface area (TPSA) is 94.3 Å². The molecule has 0 spiro atoms. The number of halogens is 1. The molecule has 0 amide bonds. The van der Waals surface area contributed by atoms with Gasteiger partial charge in [-0.15, -0.1) is 5.10 Å². The lowest BCUT2D eigenvalue weighted by molar-refractivity contribution is -0.0434. The normalized spacial score (nSPS) is 18.8. The summed E-state index contributed by atoms with van der Waals surface area (Å²) in [6.45, 7) is 6.11. The predicted molar refractivity (Wildman–Crippen MR) is 118 cm³/mol. The number of benzene rings is 2. The summed E-state index contributed by atoms with van der Waals surface area (Å²) in [5.74, 6) is -0.771. The molecule has 2 aromatic carbocycles. The Morgan fingerprint density at radius 3 is 2.75 bits per heavy atom. The Bertz CT molecular complexity index is 1250. The number of carbonyl (C=O) groups is 1. The highest BCUT2D eigenvalue weighted by Crippen LogP contribution is 2.25. The van der Waals surface area contributed by atoms with Crippen molar-refractivity contribution in [2.24, 2.45) is 0 Å². The number of ether oxygens (including phenoxy) is 1. The molecule has 0 bridgehead atoms. The minimum atomic E-state index is -0.827. The Hall–Kier alpha value is -2.97. The minimum Gasteiger partial charge on any atom is -0.388 e. The van der Waals surface area contributed by atoms with Crippen LogP contribution in [-0.4, -0.2) is 45.2 Å². The van der Waals surface area contributed by atoms with Gasteiger partial charge in [0.25, 0.3) is 5.56 Å². The van der Waals surface area contributed by atoms with E-state index in [9.17, 15) is 19.1 Å². The molecule has 32 heavy (non-hydrogen) atoms. The maximum absolute atomic E-state index is 14.5. The van der Waals surface area contributed by atoms with Gasteiger partial charge in [0.15, 0.2) is 5.78 Å². The molecule has 168 valence electrons. The summed E-state index contributed by atoms with van der Waals surface area (Å²) in [5.41, 5.74) is 3.65. The third kappa shape index (κ3) is 3.96. The third-order valence-electron chi connectivity index (χ3n) is 6.31. The van der Waals surface area contributed by atoms with Crippen LogP contribution in [-0.2, 0) is 11.2 Å². The van der Waals surface area contributed by atoms with Crippen molar-refractivity contribution in [1.82, 2.24) is 15.0 Å². The van der Waals surface area contributed by atoms with Crippen LogP contribution in [0.1, 0.15) is 58.4 Å². The second-order valence-corrected chi connectivity index (χ2v) is 8.29. The Morgan fingerprint density at radius 2 is 2.06 bits per heavy atom. The zero-order valence-corrected chi connectivity index (χ0v) is 18.4. The van der Waals surface area contributed by atoms with E-state index in [1.54, 1.807) is 19.1 Å². The molecule has 1 fully saturated rings. The highest BCUT2D eigenvalue weighted by molar-refractivity contribution is 5.96. The largest absolute Gasteiger partial charge is 0.388 e. The van der Waals surface area contributed by atoms with Crippen molar-refractivity contribution in [2.45, 2.75) is 52.2 Å². The van der Waals surface area contributed by atoms with Gasteiger partial charge in [0.1, 0.15) is 11.3 Å². The quantitative estimate of drug-likeness (QED) is 0.614. The van der Waals surface area contributed by atoms with Crippen LogP contribution >= 0.6 is 0 Å². The average Bonchev–Trinajstić information content (AvgIpc) is 2.78. The van der Waals surface area contributed by atoms with E-state index in [1.165, 1.54) is 16.8 Å². The lowest BCUT2D eigenvalue weighted by atomic mass is 9.94. The van der Waals surface area contributed by atoms with Crippen molar-refractivity contribution in [1.29, 1.82) is 0 Å². The molecular formula is C24H26FN3O4. The molecule has 2 heterocycles. The zero-order valence-electron chi connectivity index (χ0n) is 18.4. The zero-order chi connectivity index (χ0) is 23.0. The summed E-state index contributed by atoms with van der Waals surface area (Å²) in [4.78, 5) is 25.1. The molecule has 0 aliphatic carbocycles. The van der Waals surface area contributed by atoms with E-state index in [1.807, 2.05) is 13.8 Å². The van der Waals surface area contributed by atoms with Gasteiger partial charge in [0.2, 0.25) is 0 Å². The summed E-state index contributed by atoms with van der Waals surface area (Å²) < 4.78 is 21.0. The number of Topliss-reactive ketones (excluding diaryl/α,β-unsaturated/α-hetero) is 1. The molecule has 1 aromatic heterocycles. The molecule has 1 aliphatic heterocycles. The molecular weight excluding hydrogens is 413 g/mol. The Labute approximate surface area is 184 Å². The molecule has 1 aliphatic rings. The molecule has 2 atom stereocenters. The molecule has 3 aromatic rings. The third-order valence-corrected chi connectivity index (χ3v) is 6.31. The van der Waals surface area contributed by atoms with Crippen LogP contribution in [0.4, 0.5) is 4.39 Å². The van der Waals surface area contributed by atoms with Crippen LogP contribution in [0, 0.1) is 19.7 Å². The lowest BCUT2D eigenvalue weighted by Gasteiger charge is -2.28. The number of aromatic nitrogens is 3. The molecule has 4 rings (SSSR count). The number of hydrogen-bond donors (Lipinski definition) is 1. The number of carbonyl (C=O) groups excluding carboxylic acids is 1.